The maximum Gasteiger partial charge on any atom is 0.235 e. The third-order valence-corrected chi connectivity index (χ3v) is 6.00. The van der Waals surface area contributed by atoms with Crippen LogP contribution in [0.2, 0.25) is 5.02 Å². The Hall–Kier alpha value is -2.44. The van der Waals surface area contributed by atoms with Crippen molar-refractivity contribution in [1.82, 2.24) is 9.78 Å². The molecule has 0 radical (unpaired) electrons. The minimum atomic E-state index is -0.0400. The molecular weight excluding hydrogens is 382 g/mol. The van der Waals surface area contributed by atoms with E-state index in [-0.39, 0.29) is 11.2 Å². The number of anilines is 1. The first-order valence-corrected chi connectivity index (χ1v) is 9.90. The van der Waals surface area contributed by atoms with Crippen molar-refractivity contribution in [1.29, 1.82) is 0 Å². The fourth-order valence-electron chi connectivity index (χ4n) is 3.22. The van der Waals surface area contributed by atoms with Crippen molar-refractivity contribution >= 4 is 35.1 Å². The lowest BCUT2D eigenvalue weighted by molar-refractivity contribution is -0.113. The summed E-state index contributed by atoms with van der Waals surface area (Å²) in [5.74, 6) is 1.83. The molecule has 138 valence electrons. The second-order valence-corrected chi connectivity index (χ2v) is 7.78. The molecule has 2 aromatic carbocycles. The third kappa shape index (κ3) is 3.42. The number of carbonyl (C=O) groups is 1. The highest BCUT2D eigenvalue weighted by atomic mass is 35.5. The maximum absolute atomic E-state index is 12.4. The zero-order valence-electron chi connectivity index (χ0n) is 14.9. The van der Waals surface area contributed by atoms with E-state index >= 15 is 0 Å². The normalized spacial score (nSPS) is 16.4. The lowest BCUT2D eigenvalue weighted by atomic mass is 10.0. The number of halogens is 1. The Morgan fingerprint density at radius 2 is 2.04 bits per heavy atom. The first kappa shape index (κ1) is 17.9. The van der Waals surface area contributed by atoms with Gasteiger partial charge >= 0.3 is 0 Å². The lowest BCUT2D eigenvalue weighted by Gasteiger charge is -2.16. The Morgan fingerprint density at radius 3 is 2.78 bits per heavy atom. The summed E-state index contributed by atoms with van der Waals surface area (Å²) in [5, 5.41) is 8.37. The van der Waals surface area contributed by atoms with Crippen LogP contribution in [0.1, 0.15) is 22.1 Å². The zero-order chi connectivity index (χ0) is 19.0. The molecule has 0 saturated carbocycles. The van der Waals surface area contributed by atoms with Gasteiger partial charge in [-0.2, -0.15) is 5.10 Å². The van der Waals surface area contributed by atoms with E-state index in [1.54, 1.807) is 23.6 Å². The second-order valence-electron chi connectivity index (χ2n) is 6.25. The number of ether oxygens (including phenoxy) is 1. The van der Waals surface area contributed by atoms with Gasteiger partial charge in [0.25, 0.3) is 0 Å². The van der Waals surface area contributed by atoms with Gasteiger partial charge in [0.15, 0.2) is 0 Å². The monoisotopic (exact) mass is 399 g/mol. The van der Waals surface area contributed by atoms with Crippen molar-refractivity contribution in [3.05, 3.63) is 70.4 Å². The van der Waals surface area contributed by atoms with Crippen LogP contribution in [0.3, 0.4) is 0 Å². The first-order chi connectivity index (χ1) is 13.1. The molecular formula is C20H18ClN3O2S. The summed E-state index contributed by atoms with van der Waals surface area (Å²) in [6, 6.07) is 15.3. The molecule has 5 nitrogen and oxygen atoms in total. The number of thioether (sulfide) groups is 1. The molecule has 7 heteroatoms. The van der Waals surface area contributed by atoms with Crippen LogP contribution in [0.4, 0.5) is 5.82 Å². The molecule has 3 aromatic rings. The Balaban J connectivity index is 1.87. The maximum atomic E-state index is 12.4. The number of methoxy groups -OCH3 is 1. The molecule has 1 amide bonds. The molecule has 0 aliphatic carbocycles. The van der Waals surface area contributed by atoms with Gasteiger partial charge in [-0.05, 0) is 48.9 Å². The number of nitrogens with one attached hydrogen (secondary N) is 1. The predicted molar refractivity (Wildman–Crippen MR) is 109 cm³/mol. The summed E-state index contributed by atoms with van der Waals surface area (Å²) >= 11 is 7.60. The number of benzene rings is 2. The quantitative estimate of drug-likeness (QED) is 0.698. The second kappa shape index (κ2) is 7.29. The van der Waals surface area contributed by atoms with E-state index in [1.807, 2.05) is 49.4 Å². The van der Waals surface area contributed by atoms with Crippen LogP contribution in [0.15, 0.2) is 48.5 Å². The Kier molecular flexibility index (Phi) is 4.85. The Morgan fingerprint density at radius 1 is 1.26 bits per heavy atom. The first-order valence-electron chi connectivity index (χ1n) is 8.47. The topological polar surface area (TPSA) is 56.1 Å². The Labute approximate surface area is 166 Å². The molecule has 2 heterocycles. The highest BCUT2D eigenvalue weighted by Gasteiger charge is 2.30. The van der Waals surface area contributed by atoms with E-state index in [4.69, 9.17) is 21.4 Å². The van der Waals surface area contributed by atoms with Crippen LogP contribution in [0.5, 0.6) is 5.75 Å². The third-order valence-electron chi connectivity index (χ3n) is 4.48. The molecule has 27 heavy (non-hydrogen) atoms. The van der Waals surface area contributed by atoms with Crippen LogP contribution >= 0.6 is 23.4 Å². The molecule has 0 fully saturated rings. The van der Waals surface area contributed by atoms with Crippen LogP contribution in [0, 0.1) is 6.92 Å². The molecule has 1 aliphatic heterocycles. The number of fused-ring (bicyclic) bond motifs is 1. The number of aryl methyl sites for hydroxylation is 1. The van der Waals surface area contributed by atoms with Crippen LogP contribution in [-0.4, -0.2) is 28.6 Å². The molecule has 1 aliphatic rings. The minimum absolute atomic E-state index is 0.0184. The molecule has 4 rings (SSSR count). The summed E-state index contributed by atoms with van der Waals surface area (Å²) in [4.78, 5) is 12.4. The molecule has 1 atom stereocenters. The van der Waals surface area contributed by atoms with Crippen LogP contribution in [-0.2, 0) is 4.79 Å². The van der Waals surface area contributed by atoms with E-state index in [0.29, 0.717) is 16.6 Å². The van der Waals surface area contributed by atoms with Crippen molar-refractivity contribution in [3.63, 3.8) is 0 Å². The van der Waals surface area contributed by atoms with Gasteiger partial charge in [-0.15, -0.1) is 11.8 Å². The van der Waals surface area contributed by atoms with Crippen LogP contribution in [0.25, 0.3) is 5.69 Å². The van der Waals surface area contributed by atoms with E-state index in [2.05, 4.69) is 11.4 Å². The highest BCUT2D eigenvalue weighted by molar-refractivity contribution is 8.00. The van der Waals surface area contributed by atoms with E-state index in [1.165, 1.54) is 0 Å². The molecule has 1 aromatic heterocycles. The van der Waals surface area contributed by atoms with Crippen molar-refractivity contribution < 1.29 is 9.53 Å². The van der Waals surface area contributed by atoms with Crippen molar-refractivity contribution in [2.75, 3.05) is 18.2 Å². The largest absolute Gasteiger partial charge is 0.497 e. The van der Waals surface area contributed by atoms with Gasteiger partial charge in [0, 0.05) is 10.6 Å². The van der Waals surface area contributed by atoms with Gasteiger partial charge in [0.1, 0.15) is 11.6 Å². The summed E-state index contributed by atoms with van der Waals surface area (Å²) in [7, 11) is 1.65. The summed E-state index contributed by atoms with van der Waals surface area (Å²) in [5.41, 5.74) is 3.81. The zero-order valence-corrected chi connectivity index (χ0v) is 16.5. The number of aromatic nitrogens is 2. The van der Waals surface area contributed by atoms with E-state index < -0.39 is 0 Å². The van der Waals surface area contributed by atoms with Gasteiger partial charge in [-0.1, -0.05) is 23.7 Å². The molecule has 0 bridgehead atoms. The van der Waals surface area contributed by atoms with Gasteiger partial charge in [-0.3, -0.25) is 4.79 Å². The molecule has 0 unspecified atom stereocenters. The van der Waals surface area contributed by atoms with E-state index in [9.17, 15) is 4.79 Å². The van der Waals surface area contributed by atoms with Gasteiger partial charge in [-0.25, -0.2) is 4.68 Å². The fourth-order valence-corrected chi connectivity index (χ4v) is 4.52. The highest BCUT2D eigenvalue weighted by Crippen LogP contribution is 2.44. The SMILES string of the molecule is COc1cccc([C@H]2SCC(=O)Nc3c2c(C)nn3-c2ccc(Cl)cc2)c1. The average Bonchev–Trinajstić information content (AvgIpc) is 2.88. The predicted octanol–water partition coefficient (Wildman–Crippen LogP) is 4.62. The van der Waals surface area contributed by atoms with E-state index in [0.717, 1.165) is 28.3 Å². The van der Waals surface area contributed by atoms with Gasteiger partial charge < -0.3 is 10.1 Å². The lowest BCUT2D eigenvalue weighted by Crippen LogP contribution is -2.15. The Bertz CT molecular complexity index is 1000. The number of rotatable bonds is 3. The molecule has 0 saturated heterocycles. The van der Waals surface area contributed by atoms with Crippen molar-refractivity contribution in [2.24, 2.45) is 0 Å². The fraction of sp³-hybridized carbons (Fsp3) is 0.200. The smallest absolute Gasteiger partial charge is 0.235 e. The number of carbonyl (C=O) groups excluding carboxylic acids is 1. The van der Waals surface area contributed by atoms with Gasteiger partial charge in [0.2, 0.25) is 5.91 Å². The summed E-state index contributed by atoms with van der Waals surface area (Å²) in [6.45, 7) is 1.97. The van der Waals surface area contributed by atoms with Crippen molar-refractivity contribution in [2.45, 2.75) is 12.2 Å². The summed E-state index contributed by atoms with van der Waals surface area (Å²) < 4.78 is 7.15. The minimum Gasteiger partial charge on any atom is -0.497 e. The van der Waals surface area contributed by atoms with Crippen LogP contribution < -0.4 is 10.1 Å². The number of hydrogen-bond acceptors (Lipinski definition) is 4. The number of amides is 1. The standard InChI is InChI=1S/C20H18ClN3O2S/c1-12-18-19(13-4-3-5-16(10-13)26-2)27-11-17(25)22-20(18)24(23-12)15-8-6-14(21)7-9-15/h3-10,19H,11H2,1-2H3,(H,22,25)/t19-/m1/s1. The number of nitrogens with zero attached hydrogens (tertiary/aromatic N) is 2. The van der Waals surface area contributed by atoms with Gasteiger partial charge in [0.05, 0.1) is 29.5 Å². The number of hydrogen-bond donors (Lipinski definition) is 1. The molecule has 1 N–H and O–H groups in total. The molecule has 0 spiro atoms. The average molecular weight is 400 g/mol. The summed E-state index contributed by atoms with van der Waals surface area (Å²) in [6.07, 6.45) is 0. The van der Waals surface area contributed by atoms with Crippen molar-refractivity contribution in [3.8, 4) is 11.4 Å².